The van der Waals surface area contributed by atoms with Crippen LogP contribution in [0.3, 0.4) is 0 Å². The SMILES string of the molecule is O=C(O)CC1(CC(=O)NNc2ccc3ccccc3c2)CC1. The number of nitrogens with one attached hydrogen (secondary N) is 2. The summed E-state index contributed by atoms with van der Waals surface area (Å²) >= 11 is 0. The molecule has 0 aliphatic heterocycles. The third-order valence-corrected chi connectivity index (χ3v) is 4.11. The molecule has 3 N–H and O–H groups in total. The number of fused-ring (bicyclic) bond motifs is 1. The lowest BCUT2D eigenvalue weighted by atomic mass is 9.98. The molecule has 2 aromatic rings. The molecule has 0 aromatic heterocycles. The molecule has 2 aromatic carbocycles. The Morgan fingerprint density at radius 2 is 1.77 bits per heavy atom. The molecule has 0 heterocycles. The molecule has 1 saturated carbocycles. The highest BCUT2D eigenvalue weighted by Gasteiger charge is 2.45. The Hall–Kier alpha value is -2.56. The van der Waals surface area contributed by atoms with Gasteiger partial charge in [-0.25, -0.2) is 0 Å². The van der Waals surface area contributed by atoms with Crippen LogP contribution in [-0.4, -0.2) is 17.0 Å². The molecular formula is C17H18N2O3. The average Bonchev–Trinajstić information content (AvgIpc) is 3.23. The van der Waals surface area contributed by atoms with E-state index in [0.29, 0.717) is 0 Å². The molecule has 0 saturated heterocycles. The molecule has 1 aliphatic carbocycles. The molecule has 0 bridgehead atoms. The van der Waals surface area contributed by atoms with Gasteiger partial charge >= 0.3 is 5.97 Å². The summed E-state index contributed by atoms with van der Waals surface area (Å²) in [5.41, 5.74) is 6.01. The van der Waals surface area contributed by atoms with Crippen molar-refractivity contribution in [3.05, 3.63) is 42.5 Å². The fourth-order valence-electron chi connectivity index (χ4n) is 2.71. The molecule has 3 rings (SSSR count). The number of carbonyl (C=O) groups is 2. The van der Waals surface area contributed by atoms with E-state index in [0.717, 1.165) is 29.3 Å². The quantitative estimate of drug-likeness (QED) is 0.716. The first-order valence-electron chi connectivity index (χ1n) is 7.32. The number of amides is 1. The fraction of sp³-hybridized carbons (Fsp3) is 0.294. The van der Waals surface area contributed by atoms with Crippen LogP contribution in [0, 0.1) is 5.41 Å². The van der Waals surface area contributed by atoms with Crippen LogP contribution < -0.4 is 10.9 Å². The number of carboxylic acid groups (broad SMARTS) is 1. The Morgan fingerprint density at radius 3 is 2.45 bits per heavy atom. The van der Waals surface area contributed by atoms with E-state index in [-0.39, 0.29) is 24.2 Å². The summed E-state index contributed by atoms with van der Waals surface area (Å²) in [4.78, 5) is 22.7. The van der Waals surface area contributed by atoms with Crippen molar-refractivity contribution >= 4 is 28.3 Å². The number of hydrazine groups is 1. The zero-order chi connectivity index (χ0) is 15.6. The molecule has 0 unspecified atom stereocenters. The van der Waals surface area contributed by atoms with Gasteiger partial charge in [0.15, 0.2) is 0 Å². The lowest BCUT2D eigenvalue weighted by Crippen LogP contribution is -2.31. The topological polar surface area (TPSA) is 78.4 Å². The normalized spacial score (nSPS) is 15.3. The molecule has 5 heteroatoms. The minimum Gasteiger partial charge on any atom is -0.481 e. The van der Waals surface area contributed by atoms with E-state index in [1.165, 1.54) is 0 Å². The number of carboxylic acids is 1. The lowest BCUT2D eigenvalue weighted by molar-refractivity contribution is -0.138. The van der Waals surface area contributed by atoms with Gasteiger partial charge in [-0.05, 0) is 41.2 Å². The van der Waals surface area contributed by atoms with E-state index in [1.54, 1.807) is 0 Å². The number of rotatable bonds is 6. The van der Waals surface area contributed by atoms with Crippen LogP contribution in [0.5, 0.6) is 0 Å². The Bertz CT molecular complexity index is 723. The first-order valence-corrected chi connectivity index (χ1v) is 7.32. The zero-order valence-electron chi connectivity index (χ0n) is 12.1. The summed E-state index contributed by atoms with van der Waals surface area (Å²) in [6, 6.07) is 13.8. The fourth-order valence-corrected chi connectivity index (χ4v) is 2.71. The monoisotopic (exact) mass is 298 g/mol. The zero-order valence-corrected chi connectivity index (χ0v) is 12.1. The standard InChI is InChI=1S/C17H18N2O3/c20-15(10-17(7-8-17)11-16(21)22)19-18-14-6-5-12-3-1-2-4-13(12)9-14/h1-6,9,18H,7-8,10-11H2,(H,19,20)(H,21,22). The largest absolute Gasteiger partial charge is 0.481 e. The first kappa shape index (κ1) is 14.4. The Morgan fingerprint density at radius 1 is 1.05 bits per heavy atom. The van der Waals surface area contributed by atoms with Crippen LogP contribution in [0.2, 0.25) is 0 Å². The summed E-state index contributed by atoms with van der Waals surface area (Å²) in [7, 11) is 0. The van der Waals surface area contributed by atoms with Crippen LogP contribution in [0.4, 0.5) is 5.69 Å². The number of aliphatic carboxylic acids is 1. The Balaban J connectivity index is 1.57. The summed E-state index contributed by atoms with van der Waals surface area (Å²) in [5, 5.41) is 11.1. The van der Waals surface area contributed by atoms with Crippen LogP contribution in [-0.2, 0) is 9.59 Å². The van der Waals surface area contributed by atoms with Gasteiger partial charge in [-0.15, -0.1) is 0 Å². The molecule has 1 amide bonds. The maximum Gasteiger partial charge on any atom is 0.303 e. The molecule has 1 fully saturated rings. The summed E-state index contributed by atoms with van der Waals surface area (Å²) in [5.74, 6) is -1.01. The van der Waals surface area contributed by atoms with Crippen molar-refractivity contribution in [2.75, 3.05) is 5.43 Å². The van der Waals surface area contributed by atoms with E-state index in [1.807, 2.05) is 42.5 Å². The molecule has 0 spiro atoms. The average molecular weight is 298 g/mol. The summed E-state index contributed by atoms with van der Waals surface area (Å²) in [6.45, 7) is 0. The first-order chi connectivity index (χ1) is 10.6. The highest BCUT2D eigenvalue weighted by atomic mass is 16.4. The minimum atomic E-state index is -0.840. The van der Waals surface area contributed by atoms with Gasteiger partial charge in [0.25, 0.3) is 0 Å². The van der Waals surface area contributed by atoms with Crippen molar-refractivity contribution < 1.29 is 14.7 Å². The molecule has 22 heavy (non-hydrogen) atoms. The maximum absolute atomic E-state index is 12.0. The van der Waals surface area contributed by atoms with Crippen molar-refractivity contribution in [1.29, 1.82) is 0 Å². The van der Waals surface area contributed by atoms with E-state index in [4.69, 9.17) is 5.11 Å². The molecule has 0 atom stereocenters. The molecule has 0 radical (unpaired) electrons. The van der Waals surface area contributed by atoms with Gasteiger partial charge in [-0.3, -0.25) is 20.4 Å². The van der Waals surface area contributed by atoms with Crippen LogP contribution >= 0.6 is 0 Å². The van der Waals surface area contributed by atoms with E-state index >= 15 is 0 Å². The van der Waals surface area contributed by atoms with Gasteiger partial charge in [-0.2, -0.15) is 0 Å². The molecule has 5 nitrogen and oxygen atoms in total. The molecule has 1 aliphatic rings. The predicted octanol–water partition coefficient (Wildman–Crippen LogP) is 2.93. The van der Waals surface area contributed by atoms with Crippen LogP contribution in [0.15, 0.2) is 42.5 Å². The number of hydrogen-bond donors (Lipinski definition) is 3. The van der Waals surface area contributed by atoms with Crippen molar-refractivity contribution in [3.8, 4) is 0 Å². The second-order valence-corrected chi connectivity index (χ2v) is 5.98. The third-order valence-electron chi connectivity index (χ3n) is 4.11. The summed E-state index contributed by atoms with van der Waals surface area (Å²) in [6.07, 6.45) is 1.93. The number of anilines is 1. The minimum absolute atomic E-state index is 0.0659. The van der Waals surface area contributed by atoms with Gasteiger partial charge in [0, 0.05) is 6.42 Å². The second kappa shape index (κ2) is 5.67. The summed E-state index contributed by atoms with van der Waals surface area (Å²) < 4.78 is 0. The lowest BCUT2D eigenvalue weighted by Gasteiger charge is -2.14. The van der Waals surface area contributed by atoms with Gasteiger partial charge < -0.3 is 5.11 Å². The second-order valence-electron chi connectivity index (χ2n) is 5.98. The molecular weight excluding hydrogens is 280 g/mol. The highest BCUT2D eigenvalue weighted by molar-refractivity contribution is 5.86. The van der Waals surface area contributed by atoms with Crippen molar-refractivity contribution in [2.24, 2.45) is 5.41 Å². The van der Waals surface area contributed by atoms with E-state index in [9.17, 15) is 9.59 Å². The van der Waals surface area contributed by atoms with E-state index in [2.05, 4.69) is 10.9 Å². The van der Waals surface area contributed by atoms with Gasteiger partial charge in [0.1, 0.15) is 0 Å². The van der Waals surface area contributed by atoms with E-state index < -0.39 is 5.97 Å². The van der Waals surface area contributed by atoms with Crippen LogP contribution in [0.25, 0.3) is 10.8 Å². The van der Waals surface area contributed by atoms with Gasteiger partial charge in [-0.1, -0.05) is 30.3 Å². The number of carbonyl (C=O) groups excluding carboxylic acids is 1. The third kappa shape index (κ3) is 3.36. The van der Waals surface area contributed by atoms with Gasteiger partial charge in [0.2, 0.25) is 5.91 Å². The maximum atomic E-state index is 12.0. The van der Waals surface area contributed by atoms with Crippen LogP contribution in [0.1, 0.15) is 25.7 Å². The number of hydrogen-bond acceptors (Lipinski definition) is 3. The number of benzene rings is 2. The smallest absolute Gasteiger partial charge is 0.303 e. The van der Waals surface area contributed by atoms with Gasteiger partial charge in [0.05, 0.1) is 12.1 Å². The van der Waals surface area contributed by atoms with Crippen molar-refractivity contribution in [3.63, 3.8) is 0 Å². The molecule has 114 valence electrons. The Labute approximate surface area is 128 Å². The highest BCUT2D eigenvalue weighted by Crippen LogP contribution is 2.51. The van der Waals surface area contributed by atoms with Crippen molar-refractivity contribution in [2.45, 2.75) is 25.7 Å². The predicted molar refractivity (Wildman–Crippen MR) is 84.3 cm³/mol. The van der Waals surface area contributed by atoms with Crippen molar-refractivity contribution in [1.82, 2.24) is 5.43 Å². The Kier molecular flexibility index (Phi) is 3.71.